The van der Waals surface area contributed by atoms with E-state index >= 15 is 0 Å². The van der Waals surface area contributed by atoms with Gasteiger partial charge in [0.15, 0.2) is 0 Å². The van der Waals surface area contributed by atoms with Crippen molar-refractivity contribution in [2.45, 2.75) is 25.4 Å². The summed E-state index contributed by atoms with van der Waals surface area (Å²) < 4.78 is 67.9. The van der Waals surface area contributed by atoms with Gasteiger partial charge in [0.2, 0.25) is 11.6 Å². The molecular formula is C12H9F5O. The first kappa shape index (κ1) is 12.9. The van der Waals surface area contributed by atoms with Gasteiger partial charge in [-0.3, -0.25) is 0 Å². The Balaban J connectivity index is 2.11. The highest BCUT2D eigenvalue weighted by Crippen LogP contribution is 2.56. The molecule has 1 aromatic rings. The van der Waals surface area contributed by atoms with E-state index in [1.54, 1.807) is 31.2 Å². The molecule has 0 bridgehead atoms. The lowest BCUT2D eigenvalue weighted by molar-refractivity contribution is -0.233. The first-order valence-electron chi connectivity index (χ1n) is 5.11. The van der Waals surface area contributed by atoms with Crippen LogP contribution in [0.5, 0.6) is 0 Å². The van der Waals surface area contributed by atoms with Gasteiger partial charge in [-0.1, -0.05) is 29.8 Å². The number of hydrogen-bond donors (Lipinski definition) is 0. The van der Waals surface area contributed by atoms with Crippen LogP contribution >= 0.6 is 0 Å². The van der Waals surface area contributed by atoms with Gasteiger partial charge < -0.3 is 4.74 Å². The Kier molecular flexibility index (Phi) is 2.83. The van der Waals surface area contributed by atoms with Gasteiger partial charge in [0.1, 0.15) is 6.61 Å². The quantitative estimate of drug-likeness (QED) is 0.750. The molecule has 0 aromatic heterocycles. The maximum Gasteiger partial charge on any atom is 0.375 e. The molecule has 0 fully saturated rings. The Morgan fingerprint density at radius 1 is 1.11 bits per heavy atom. The lowest BCUT2D eigenvalue weighted by Crippen LogP contribution is -2.53. The van der Waals surface area contributed by atoms with E-state index in [0.717, 1.165) is 5.56 Å². The Bertz CT molecular complexity index is 507. The van der Waals surface area contributed by atoms with Crippen molar-refractivity contribution in [1.29, 1.82) is 0 Å². The second kappa shape index (κ2) is 3.96. The summed E-state index contributed by atoms with van der Waals surface area (Å²) in [6, 6.07) is 6.63. The molecule has 0 amide bonds. The number of allylic oxidation sites excluding steroid dienone is 2. The molecule has 6 heteroatoms. The van der Waals surface area contributed by atoms with Crippen LogP contribution in [-0.4, -0.2) is 11.8 Å². The number of halogens is 5. The van der Waals surface area contributed by atoms with E-state index in [1.165, 1.54) is 0 Å². The van der Waals surface area contributed by atoms with E-state index < -0.39 is 23.4 Å². The Morgan fingerprint density at radius 3 is 2.33 bits per heavy atom. The summed E-state index contributed by atoms with van der Waals surface area (Å²) in [6.45, 7) is 1.39. The molecule has 1 aromatic carbocycles. The highest BCUT2D eigenvalue weighted by molar-refractivity contribution is 5.35. The maximum atomic E-state index is 12.8. The lowest BCUT2D eigenvalue weighted by atomic mass is 9.96. The van der Waals surface area contributed by atoms with Crippen molar-refractivity contribution in [3.05, 3.63) is 47.0 Å². The van der Waals surface area contributed by atoms with Crippen LogP contribution < -0.4 is 0 Å². The topological polar surface area (TPSA) is 9.23 Å². The van der Waals surface area contributed by atoms with E-state index in [0.29, 0.717) is 5.56 Å². The van der Waals surface area contributed by atoms with E-state index in [4.69, 9.17) is 0 Å². The van der Waals surface area contributed by atoms with Crippen molar-refractivity contribution in [2.24, 2.45) is 0 Å². The second-order valence-corrected chi connectivity index (χ2v) is 4.07. The van der Waals surface area contributed by atoms with Gasteiger partial charge >= 0.3 is 11.8 Å². The van der Waals surface area contributed by atoms with Crippen molar-refractivity contribution in [3.63, 3.8) is 0 Å². The van der Waals surface area contributed by atoms with E-state index in [1.807, 2.05) is 0 Å². The van der Waals surface area contributed by atoms with Crippen LogP contribution in [0, 0.1) is 6.92 Å². The molecule has 1 aliphatic rings. The van der Waals surface area contributed by atoms with Crippen molar-refractivity contribution in [2.75, 3.05) is 0 Å². The second-order valence-electron chi connectivity index (χ2n) is 4.07. The smallest absolute Gasteiger partial charge is 0.375 e. The molecule has 2 rings (SSSR count). The first-order valence-corrected chi connectivity index (χ1v) is 5.11. The van der Waals surface area contributed by atoms with Gasteiger partial charge in [-0.15, -0.1) is 0 Å². The van der Waals surface area contributed by atoms with E-state index in [2.05, 4.69) is 4.74 Å². The predicted octanol–water partition coefficient (Wildman–Crippen LogP) is 3.98. The molecule has 0 spiro atoms. The minimum Gasteiger partial charge on any atom is -0.484 e. The SMILES string of the molecule is Cc1cccc(COC2=C(F)C(F)(F)C2(F)F)c1. The van der Waals surface area contributed by atoms with Crippen LogP contribution in [0.15, 0.2) is 35.9 Å². The van der Waals surface area contributed by atoms with Gasteiger partial charge in [0, 0.05) is 0 Å². The van der Waals surface area contributed by atoms with Crippen LogP contribution in [0.3, 0.4) is 0 Å². The maximum absolute atomic E-state index is 12.8. The van der Waals surface area contributed by atoms with Crippen LogP contribution in [0.2, 0.25) is 0 Å². The summed E-state index contributed by atoms with van der Waals surface area (Å²) >= 11 is 0. The molecule has 0 saturated carbocycles. The Hall–Kier alpha value is -1.59. The molecular weight excluding hydrogens is 255 g/mol. The minimum absolute atomic E-state index is 0.379. The highest BCUT2D eigenvalue weighted by atomic mass is 19.3. The summed E-state index contributed by atoms with van der Waals surface area (Å²) in [6.07, 6.45) is 0. The van der Waals surface area contributed by atoms with Crippen molar-refractivity contribution >= 4 is 0 Å². The lowest BCUT2D eigenvalue weighted by Gasteiger charge is -2.35. The fourth-order valence-electron chi connectivity index (χ4n) is 1.61. The summed E-state index contributed by atoms with van der Waals surface area (Å²) in [5.74, 6) is -13.1. The molecule has 98 valence electrons. The fraction of sp³-hybridized carbons (Fsp3) is 0.333. The van der Waals surface area contributed by atoms with Crippen LogP contribution in [-0.2, 0) is 11.3 Å². The average molecular weight is 264 g/mol. The predicted molar refractivity (Wildman–Crippen MR) is 54.0 cm³/mol. The van der Waals surface area contributed by atoms with Gasteiger partial charge in [0.25, 0.3) is 0 Å². The zero-order valence-electron chi connectivity index (χ0n) is 9.31. The molecule has 18 heavy (non-hydrogen) atoms. The first-order chi connectivity index (χ1) is 8.26. The third-order valence-corrected chi connectivity index (χ3v) is 2.62. The number of benzene rings is 1. The molecule has 0 N–H and O–H groups in total. The summed E-state index contributed by atoms with van der Waals surface area (Å²) in [5, 5.41) is 0. The molecule has 0 aliphatic heterocycles. The van der Waals surface area contributed by atoms with Crippen molar-refractivity contribution in [3.8, 4) is 0 Å². The van der Waals surface area contributed by atoms with Gasteiger partial charge in [-0.2, -0.15) is 17.6 Å². The molecule has 0 unspecified atom stereocenters. The average Bonchev–Trinajstić information content (AvgIpc) is 2.28. The highest BCUT2D eigenvalue weighted by Gasteiger charge is 2.74. The van der Waals surface area contributed by atoms with E-state index in [-0.39, 0.29) is 6.61 Å². The molecule has 0 atom stereocenters. The molecule has 0 radical (unpaired) electrons. The third-order valence-electron chi connectivity index (χ3n) is 2.62. The summed E-state index contributed by atoms with van der Waals surface area (Å²) in [5.41, 5.74) is 1.36. The monoisotopic (exact) mass is 264 g/mol. The minimum atomic E-state index is -4.76. The number of aryl methyl sites for hydroxylation is 1. The number of rotatable bonds is 3. The van der Waals surface area contributed by atoms with Gasteiger partial charge in [-0.05, 0) is 12.5 Å². The zero-order valence-corrected chi connectivity index (χ0v) is 9.31. The third kappa shape index (κ3) is 1.76. The number of hydrogen-bond acceptors (Lipinski definition) is 1. The Labute approximate surface area is 99.9 Å². The molecule has 0 saturated heterocycles. The molecule has 1 aliphatic carbocycles. The number of ether oxygens (including phenoxy) is 1. The normalized spacial score (nSPS) is 20.6. The fourth-order valence-corrected chi connectivity index (χ4v) is 1.61. The van der Waals surface area contributed by atoms with Crippen molar-refractivity contribution in [1.82, 2.24) is 0 Å². The van der Waals surface area contributed by atoms with Crippen LogP contribution in [0.25, 0.3) is 0 Å². The van der Waals surface area contributed by atoms with E-state index in [9.17, 15) is 22.0 Å². The molecule has 0 heterocycles. The van der Waals surface area contributed by atoms with Crippen LogP contribution in [0.1, 0.15) is 11.1 Å². The Morgan fingerprint density at radius 2 is 1.78 bits per heavy atom. The summed E-state index contributed by atoms with van der Waals surface area (Å²) in [7, 11) is 0. The largest absolute Gasteiger partial charge is 0.484 e. The van der Waals surface area contributed by atoms with Crippen molar-refractivity contribution < 1.29 is 26.7 Å². The summed E-state index contributed by atoms with van der Waals surface area (Å²) in [4.78, 5) is 0. The van der Waals surface area contributed by atoms with Crippen LogP contribution in [0.4, 0.5) is 22.0 Å². The van der Waals surface area contributed by atoms with Gasteiger partial charge in [0.05, 0.1) is 0 Å². The number of alkyl halides is 4. The standard InChI is InChI=1S/C12H9F5O/c1-7-3-2-4-8(5-7)6-18-10-9(13)11(14,15)12(10,16)17/h2-5H,6H2,1H3. The molecule has 1 nitrogen and oxygen atoms in total. The zero-order chi connectivity index (χ0) is 13.6. The van der Waals surface area contributed by atoms with Gasteiger partial charge in [-0.25, -0.2) is 4.39 Å².